The van der Waals surface area contributed by atoms with Crippen molar-refractivity contribution in [2.24, 2.45) is 0 Å². The number of hydrogen-bond acceptors (Lipinski definition) is 0. The lowest BCUT2D eigenvalue weighted by Crippen LogP contribution is -2.56. The smallest absolute Gasteiger partial charge is 0.198 e. The number of hydrogen-bond donors (Lipinski definition) is 0. The summed E-state index contributed by atoms with van der Waals surface area (Å²) < 4.78 is 84.2. The molecule has 0 nitrogen and oxygen atoms in total. The predicted octanol–water partition coefficient (Wildman–Crippen LogP) is 3.98. The summed E-state index contributed by atoms with van der Waals surface area (Å²) in [6, 6.07) is 0. The van der Waals surface area contributed by atoms with Crippen molar-refractivity contribution in [1.82, 2.24) is 0 Å². The van der Waals surface area contributed by atoms with E-state index in [2.05, 4.69) is 15.9 Å². The van der Waals surface area contributed by atoms with Crippen LogP contribution in [0.25, 0.3) is 0 Å². The first kappa shape index (κ1) is 14.5. The second kappa shape index (κ2) is 4.15. The Hall–Kier alpha value is 0.470. The van der Waals surface area contributed by atoms with Gasteiger partial charge in [0.2, 0.25) is 0 Å². The van der Waals surface area contributed by atoms with E-state index in [-0.39, 0.29) is 0 Å². The van der Waals surface area contributed by atoms with Gasteiger partial charge in [-0.1, -0.05) is 31.9 Å². The molecule has 9 heteroatoms. The minimum atomic E-state index is -6.27. The van der Waals surface area contributed by atoms with E-state index in [4.69, 9.17) is 0 Å². The average molecular weight is 356 g/mol. The monoisotopic (exact) mass is 354 g/mol. The minimum absolute atomic E-state index is 0.730. The molecule has 0 aromatic heterocycles. The van der Waals surface area contributed by atoms with Crippen molar-refractivity contribution in [1.29, 1.82) is 0 Å². The molecule has 0 N–H and O–H groups in total. The highest BCUT2D eigenvalue weighted by Crippen LogP contribution is 2.49. The molecule has 0 bridgehead atoms. The van der Waals surface area contributed by atoms with Gasteiger partial charge in [-0.3, -0.25) is 0 Å². The van der Waals surface area contributed by atoms with Gasteiger partial charge in [0.1, 0.15) is 0 Å². The van der Waals surface area contributed by atoms with Crippen molar-refractivity contribution in [2.75, 3.05) is 5.33 Å². The second-order valence-corrected chi connectivity index (χ2v) is 4.07. The van der Waals surface area contributed by atoms with Crippen LogP contribution in [0, 0.1) is 0 Å². The van der Waals surface area contributed by atoms with Crippen LogP contribution in [0.1, 0.15) is 0 Å². The van der Waals surface area contributed by atoms with E-state index in [0.29, 0.717) is 0 Å². The van der Waals surface area contributed by atoms with E-state index < -0.39 is 28.2 Å². The van der Waals surface area contributed by atoms with Gasteiger partial charge in [0.05, 0.1) is 4.83 Å². The zero-order chi connectivity index (χ0) is 11.8. The van der Waals surface area contributed by atoms with E-state index in [1.165, 1.54) is 0 Å². The van der Waals surface area contributed by atoms with Crippen molar-refractivity contribution in [3.8, 4) is 0 Å². The van der Waals surface area contributed by atoms with Crippen LogP contribution in [-0.4, -0.2) is 28.2 Å². The first-order valence-corrected chi connectivity index (χ1v) is 5.04. The fourth-order valence-electron chi connectivity index (χ4n) is 0.483. The van der Waals surface area contributed by atoms with Crippen molar-refractivity contribution >= 4 is 31.9 Å². The van der Waals surface area contributed by atoms with Crippen LogP contribution in [0.2, 0.25) is 0 Å². The van der Waals surface area contributed by atoms with Crippen LogP contribution >= 0.6 is 31.9 Å². The van der Waals surface area contributed by atoms with E-state index in [1.807, 2.05) is 15.9 Å². The van der Waals surface area contributed by atoms with Crippen LogP contribution in [0.4, 0.5) is 30.7 Å². The molecule has 0 aliphatic heterocycles. The second-order valence-electron chi connectivity index (χ2n) is 2.32. The third-order valence-corrected chi connectivity index (χ3v) is 3.72. The average Bonchev–Trinajstić information content (AvgIpc) is 2.00. The van der Waals surface area contributed by atoms with Crippen molar-refractivity contribution in [3.05, 3.63) is 0 Å². The fraction of sp³-hybridized carbons (Fsp3) is 1.00. The number of halogens is 9. The molecule has 0 rings (SSSR count). The maximum absolute atomic E-state index is 12.5. The van der Waals surface area contributed by atoms with Crippen molar-refractivity contribution in [3.63, 3.8) is 0 Å². The standard InChI is InChI=1S/C5H3Br2F7/c6-1-2(7)3(8,9)4(10,11)5(12,13)14/h2H,1H2/t2-/m1/s1. The summed E-state index contributed by atoms with van der Waals surface area (Å²) in [6.07, 6.45) is -6.27. The Bertz CT molecular complexity index is 199. The van der Waals surface area contributed by atoms with Gasteiger partial charge in [-0.25, -0.2) is 0 Å². The Kier molecular flexibility index (Phi) is 4.29. The van der Waals surface area contributed by atoms with Crippen LogP contribution in [0.15, 0.2) is 0 Å². The van der Waals surface area contributed by atoms with Crippen LogP contribution in [-0.2, 0) is 0 Å². The first-order chi connectivity index (χ1) is 5.98. The summed E-state index contributed by atoms with van der Waals surface area (Å²) >= 11 is 4.43. The summed E-state index contributed by atoms with van der Waals surface area (Å²) in [6.45, 7) is 0. The molecule has 0 aliphatic carbocycles. The summed E-state index contributed by atoms with van der Waals surface area (Å²) in [5, 5.41) is -0.730. The Labute approximate surface area is 91.1 Å². The van der Waals surface area contributed by atoms with Gasteiger partial charge in [0.25, 0.3) is 0 Å². The molecule has 0 aromatic carbocycles. The summed E-state index contributed by atoms with van der Waals surface area (Å²) in [5.41, 5.74) is 0. The summed E-state index contributed by atoms with van der Waals surface area (Å²) in [7, 11) is 0. The van der Waals surface area contributed by atoms with Gasteiger partial charge in [0.15, 0.2) is 0 Å². The molecule has 14 heavy (non-hydrogen) atoms. The lowest BCUT2D eigenvalue weighted by molar-refractivity contribution is -0.352. The Morgan fingerprint density at radius 1 is 0.929 bits per heavy atom. The Morgan fingerprint density at radius 3 is 1.50 bits per heavy atom. The zero-order valence-electron chi connectivity index (χ0n) is 6.19. The molecular formula is C5H3Br2F7. The summed E-state index contributed by atoms with van der Waals surface area (Å²) in [4.78, 5) is -2.30. The molecule has 0 amide bonds. The van der Waals surface area contributed by atoms with E-state index in [1.54, 1.807) is 0 Å². The molecule has 0 aromatic rings. The quantitative estimate of drug-likeness (QED) is 0.530. The van der Waals surface area contributed by atoms with E-state index >= 15 is 0 Å². The molecule has 0 spiro atoms. The Balaban J connectivity index is 5.07. The van der Waals surface area contributed by atoms with Crippen molar-refractivity contribution < 1.29 is 30.7 Å². The molecular weight excluding hydrogens is 353 g/mol. The van der Waals surface area contributed by atoms with Gasteiger partial charge < -0.3 is 0 Å². The zero-order valence-corrected chi connectivity index (χ0v) is 9.36. The van der Waals surface area contributed by atoms with Crippen LogP contribution in [0.3, 0.4) is 0 Å². The maximum Gasteiger partial charge on any atom is 0.459 e. The van der Waals surface area contributed by atoms with Gasteiger partial charge in [-0.15, -0.1) is 0 Å². The predicted molar refractivity (Wildman–Crippen MR) is 42.5 cm³/mol. The molecule has 86 valence electrons. The largest absolute Gasteiger partial charge is 0.459 e. The highest BCUT2D eigenvalue weighted by molar-refractivity contribution is 9.12. The number of rotatable bonds is 3. The van der Waals surface area contributed by atoms with Gasteiger partial charge in [-0.05, 0) is 0 Å². The SMILES string of the molecule is FC(F)(F)C(F)(F)C(F)(F)[C@H](Br)CBr. The number of alkyl halides is 9. The van der Waals surface area contributed by atoms with E-state index in [9.17, 15) is 30.7 Å². The van der Waals surface area contributed by atoms with Gasteiger partial charge in [0, 0.05) is 5.33 Å². The topological polar surface area (TPSA) is 0 Å². The maximum atomic E-state index is 12.5. The van der Waals surface area contributed by atoms with Gasteiger partial charge >= 0.3 is 18.0 Å². The Morgan fingerprint density at radius 2 is 1.29 bits per heavy atom. The molecule has 0 unspecified atom stereocenters. The van der Waals surface area contributed by atoms with Crippen LogP contribution in [0.5, 0.6) is 0 Å². The first-order valence-electron chi connectivity index (χ1n) is 3.01. The van der Waals surface area contributed by atoms with Crippen molar-refractivity contribution in [2.45, 2.75) is 22.8 Å². The molecule has 0 saturated heterocycles. The highest BCUT2D eigenvalue weighted by atomic mass is 79.9. The molecule has 0 radical (unpaired) electrons. The van der Waals surface area contributed by atoms with Gasteiger partial charge in [-0.2, -0.15) is 30.7 Å². The molecule has 1 atom stereocenters. The minimum Gasteiger partial charge on any atom is -0.198 e. The molecule has 0 fully saturated rings. The molecule has 0 aliphatic rings. The molecule has 0 heterocycles. The third-order valence-electron chi connectivity index (χ3n) is 1.30. The normalized spacial score (nSPS) is 16.9. The fourth-order valence-corrected chi connectivity index (χ4v) is 1.18. The lowest BCUT2D eigenvalue weighted by Gasteiger charge is -2.30. The highest BCUT2D eigenvalue weighted by Gasteiger charge is 2.74. The lowest BCUT2D eigenvalue weighted by atomic mass is 10.1. The summed E-state index contributed by atoms with van der Waals surface area (Å²) in [5.74, 6) is -11.3. The van der Waals surface area contributed by atoms with E-state index in [0.717, 1.165) is 0 Å². The van der Waals surface area contributed by atoms with Crippen LogP contribution < -0.4 is 0 Å². The third kappa shape index (κ3) is 2.34. The molecule has 0 saturated carbocycles.